The van der Waals surface area contributed by atoms with Gasteiger partial charge in [-0.3, -0.25) is 14.2 Å². The highest BCUT2D eigenvalue weighted by atomic mass is 32.2. The minimum atomic E-state index is -0.0801. The molecule has 0 unspecified atom stereocenters. The molecule has 0 fully saturated rings. The van der Waals surface area contributed by atoms with Crippen LogP contribution in [0.25, 0.3) is 10.2 Å². The molecule has 160 valence electrons. The van der Waals surface area contributed by atoms with Crippen molar-refractivity contribution in [2.24, 2.45) is 0 Å². The van der Waals surface area contributed by atoms with E-state index in [1.807, 2.05) is 26.0 Å². The summed E-state index contributed by atoms with van der Waals surface area (Å²) < 4.78 is 8.86. The van der Waals surface area contributed by atoms with E-state index in [-0.39, 0.29) is 17.1 Å². The van der Waals surface area contributed by atoms with E-state index in [1.165, 1.54) is 23.1 Å². The molecule has 0 amide bonds. The second-order valence-corrected chi connectivity index (χ2v) is 9.08. The van der Waals surface area contributed by atoms with Crippen LogP contribution in [0.15, 0.2) is 34.7 Å². The van der Waals surface area contributed by atoms with Gasteiger partial charge in [0.25, 0.3) is 5.56 Å². The molecule has 3 heterocycles. The van der Waals surface area contributed by atoms with Crippen LogP contribution >= 0.6 is 23.1 Å². The van der Waals surface area contributed by atoms with Gasteiger partial charge in [-0.1, -0.05) is 24.8 Å². The monoisotopic (exact) mass is 445 g/mol. The number of carbonyl (C=O) groups excluding carboxylic acids is 1. The lowest BCUT2D eigenvalue weighted by Crippen LogP contribution is -2.22. The number of hydrogen-bond donors (Lipinski definition) is 0. The normalized spacial score (nSPS) is 11.3. The summed E-state index contributed by atoms with van der Waals surface area (Å²) in [6.07, 6.45) is 2.54. The quantitative estimate of drug-likeness (QED) is 0.202. The molecular weight excluding hydrogens is 418 g/mol. The van der Waals surface area contributed by atoms with Gasteiger partial charge in [-0.15, -0.1) is 17.9 Å². The minimum absolute atomic E-state index is 0.0247. The summed E-state index contributed by atoms with van der Waals surface area (Å²) in [4.78, 5) is 32.5. The van der Waals surface area contributed by atoms with Crippen LogP contribution in [-0.4, -0.2) is 39.4 Å². The number of Topliss-reactive ketones (excluding diaryl/α,β-unsaturated/α-hetero) is 1. The van der Waals surface area contributed by atoms with Gasteiger partial charge in [-0.2, -0.15) is 0 Å². The number of hydrogen-bond acceptors (Lipinski definition) is 6. The molecule has 0 saturated heterocycles. The number of rotatable bonds is 10. The van der Waals surface area contributed by atoms with Crippen LogP contribution < -0.4 is 5.56 Å². The number of aryl methyl sites for hydroxylation is 2. The van der Waals surface area contributed by atoms with Crippen molar-refractivity contribution in [3.63, 3.8) is 0 Å². The van der Waals surface area contributed by atoms with E-state index in [0.717, 1.165) is 27.5 Å². The number of ketones is 1. The van der Waals surface area contributed by atoms with Gasteiger partial charge in [0.2, 0.25) is 0 Å². The smallest absolute Gasteiger partial charge is 0.263 e. The largest absolute Gasteiger partial charge is 0.383 e. The Balaban J connectivity index is 1.88. The summed E-state index contributed by atoms with van der Waals surface area (Å²) in [7, 11) is 1.67. The molecule has 0 aromatic carbocycles. The van der Waals surface area contributed by atoms with Gasteiger partial charge in [0.05, 0.1) is 17.7 Å². The molecule has 0 N–H and O–H groups in total. The van der Waals surface area contributed by atoms with Gasteiger partial charge in [0.15, 0.2) is 10.9 Å². The highest BCUT2D eigenvalue weighted by Gasteiger charge is 2.18. The predicted octanol–water partition coefficient (Wildman–Crippen LogP) is 4.25. The van der Waals surface area contributed by atoms with Gasteiger partial charge in [0, 0.05) is 42.0 Å². The molecule has 0 atom stereocenters. The summed E-state index contributed by atoms with van der Waals surface area (Å²) in [5.74, 6) is 0.243. The number of nitrogens with zero attached hydrogens (tertiary/aromatic N) is 3. The molecule has 8 heteroatoms. The summed E-state index contributed by atoms with van der Waals surface area (Å²) >= 11 is 2.84. The lowest BCUT2D eigenvalue weighted by Gasteiger charge is -2.10. The van der Waals surface area contributed by atoms with E-state index in [2.05, 4.69) is 18.1 Å². The third kappa shape index (κ3) is 4.45. The van der Waals surface area contributed by atoms with E-state index in [9.17, 15) is 9.59 Å². The van der Waals surface area contributed by atoms with E-state index in [1.54, 1.807) is 17.8 Å². The highest BCUT2D eigenvalue weighted by Crippen LogP contribution is 2.26. The van der Waals surface area contributed by atoms with E-state index < -0.39 is 0 Å². The molecule has 0 spiro atoms. The molecule has 30 heavy (non-hydrogen) atoms. The molecule has 6 nitrogen and oxygen atoms in total. The maximum absolute atomic E-state index is 13.0. The number of thiophene rings is 1. The van der Waals surface area contributed by atoms with Crippen LogP contribution in [0.5, 0.6) is 0 Å². The topological polar surface area (TPSA) is 66.1 Å². The molecule has 0 bridgehead atoms. The summed E-state index contributed by atoms with van der Waals surface area (Å²) in [5, 5.41) is 1.19. The standard InChI is InChI=1S/C22H27N3O3S2/c1-6-8-25-21(27)18-12-16(7-2)30-20(18)23-22(25)29-13-19(26)17-11-14(3)24(15(17)4)9-10-28-5/h6,11-12H,1,7-10,13H2,2-5H3. The summed E-state index contributed by atoms with van der Waals surface area (Å²) in [6, 6.07) is 3.84. The van der Waals surface area contributed by atoms with Gasteiger partial charge in [-0.25, -0.2) is 4.98 Å². The Hall–Kier alpha value is -2.16. The third-order valence-electron chi connectivity index (χ3n) is 5.05. The maximum atomic E-state index is 13.0. The second-order valence-electron chi connectivity index (χ2n) is 7.02. The highest BCUT2D eigenvalue weighted by molar-refractivity contribution is 7.99. The second kappa shape index (κ2) is 9.76. The zero-order valence-electron chi connectivity index (χ0n) is 17.9. The number of thioether (sulfide) groups is 1. The molecule has 0 aliphatic carbocycles. The number of methoxy groups -OCH3 is 1. The first-order valence-corrected chi connectivity index (χ1v) is 11.7. The van der Waals surface area contributed by atoms with Crippen LogP contribution in [0.2, 0.25) is 0 Å². The number of carbonyl (C=O) groups is 1. The minimum Gasteiger partial charge on any atom is -0.383 e. The Bertz CT molecular complexity index is 1140. The van der Waals surface area contributed by atoms with E-state index in [4.69, 9.17) is 9.72 Å². The first-order valence-electron chi connectivity index (χ1n) is 9.87. The predicted molar refractivity (Wildman–Crippen MR) is 124 cm³/mol. The fourth-order valence-corrected chi connectivity index (χ4v) is 5.34. The van der Waals surface area contributed by atoms with Gasteiger partial charge >= 0.3 is 0 Å². The molecular formula is C22H27N3O3S2. The van der Waals surface area contributed by atoms with Crippen molar-refractivity contribution in [3.8, 4) is 0 Å². The van der Waals surface area contributed by atoms with Crippen LogP contribution in [0, 0.1) is 13.8 Å². The van der Waals surface area contributed by atoms with Crippen molar-refractivity contribution in [3.05, 3.63) is 57.0 Å². The van der Waals surface area contributed by atoms with E-state index in [0.29, 0.717) is 35.8 Å². The number of aromatic nitrogens is 3. The molecule has 0 aliphatic heterocycles. The average molecular weight is 446 g/mol. The lowest BCUT2D eigenvalue weighted by atomic mass is 10.2. The molecule has 0 saturated carbocycles. The average Bonchev–Trinajstić information content (AvgIpc) is 3.28. The van der Waals surface area contributed by atoms with Gasteiger partial charge in [0.1, 0.15) is 4.83 Å². The van der Waals surface area contributed by atoms with Crippen LogP contribution in [-0.2, 0) is 24.2 Å². The van der Waals surface area contributed by atoms with Crippen molar-refractivity contribution in [2.75, 3.05) is 19.5 Å². The first kappa shape index (κ1) is 22.5. The Morgan fingerprint density at radius 3 is 2.77 bits per heavy atom. The zero-order valence-corrected chi connectivity index (χ0v) is 19.5. The maximum Gasteiger partial charge on any atom is 0.263 e. The van der Waals surface area contributed by atoms with Gasteiger partial charge < -0.3 is 9.30 Å². The first-order chi connectivity index (χ1) is 14.4. The van der Waals surface area contributed by atoms with Crippen LogP contribution in [0.4, 0.5) is 0 Å². The van der Waals surface area contributed by atoms with Crippen molar-refractivity contribution in [1.29, 1.82) is 0 Å². The van der Waals surface area contributed by atoms with Crippen molar-refractivity contribution in [1.82, 2.24) is 14.1 Å². The summed E-state index contributed by atoms with van der Waals surface area (Å²) in [6.45, 7) is 11.4. The third-order valence-corrected chi connectivity index (χ3v) is 7.20. The van der Waals surface area contributed by atoms with Crippen LogP contribution in [0.1, 0.15) is 33.5 Å². The van der Waals surface area contributed by atoms with Crippen molar-refractivity contribution >= 4 is 39.1 Å². The summed E-state index contributed by atoms with van der Waals surface area (Å²) in [5.41, 5.74) is 2.60. The Morgan fingerprint density at radius 1 is 1.33 bits per heavy atom. The van der Waals surface area contributed by atoms with Gasteiger partial charge in [-0.05, 0) is 32.4 Å². The lowest BCUT2D eigenvalue weighted by molar-refractivity contribution is 0.102. The Labute approximate surface area is 184 Å². The number of allylic oxidation sites excluding steroid dienone is 1. The van der Waals surface area contributed by atoms with Crippen molar-refractivity contribution < 1.29 is 9.53 Å². The van der Waals surface area contributed by atoms with E-state index >= 15 is 0 Å². The fourth-order valence-electron chi connectivity index (χ4n) is 3.44. The SMILES string of the molecule is C=CCn1c(SCC(=O)c2cc(C)n(CCOC)c2C)nc2sc(CC)cc2c1=O. The molecule has 0 radical (unpaired) electrons. The molecule has 0 aliphatic rings. The molecule has 3 aromatic heterocycles. The zero-order chi connectivity index (χ0) is 21.8. The fraction of sp³-hybridized carbons (Fsp3) is 0.409. The van der Waals surface area contributed by atoms with Crippen molar-refractivity contribution in [2.45, 2.75) is 45.4 Å². The Morgan fingerprint density at radius 2 is 2.10 bits per heavy atom. The Kier molecular flexibility index (Phi) is 7.33. The number of ether oxygens (including phenoxy) is 1. The molecule has 3 aromatic rings. The molecule has 3 rings (SSSR count). The van der Waals surface area contributed by atoms with Crippen LogP contribution in [0.3, 0.4) is 0 Å². The number of fused-ring (bicyclic) bond motifs is 1.